The van der Waals surface area contributed by atoms with Crippen LogP contribution in [0.15, 0.2) is 18.2 Å². The quantitative estimate of drug-likeness (QED) is 0.889. The molecule has 4 heteroatoms. The summed E-state index contributed by atoms with van der Waals surface area (Å²) in [5.41, 5.74) is 2.74. The number of carbonyl (C=O) groups excluding carboxylic acids is 1. The van der Waals surface area contributed by atoms with Crippen molar-refractivity contribution < 1.29 is 4.79 Å². The average Bonchev–Trinajstić information content (AvgIpc) is 2.46. The van der Waals surface area contributed by atoms with Crippen molar-refractivity contribution in [3.05, 3.63) is 29.3 Å². The molecule has 0 aliphatic carbocycles. The molecule has 104 valence electrons. The Balaban J connectivity index is 1.97. The lowest BCUT2D eigenvalue weighted by Crippen LogP contribution is -2.32. The smallest absolute Gasteiger partial charge is 0.253 e. The number of benzene rings is 1. The summed E-state index contributed by atoms with van der Waals surface area (Å²) in [5, 5.41) is 6.73. The first kappa shape index (κ1) is 14.3. The maximum atomic E-state index is 12.3. The highest BCUT2D eigenvalue weighted by atomic mass is 32.2. The molecule has 1 aromatic rings. The number of amides is 1. The first-order valence-corrected chi connectivity index (χ1v) is 7.94. The minimum absolute atomic E-state index is 0.0271. The van der Waals surface area contributed by atoms with Gasteiger partial charge in [-0.05, 0) is 37.7 Å². The second kappa shape index (κ2) is 6.85. The molecule has 0 bridgehead atoms. The van der Waals surface area contributed by atoms with E-state index in [1.54, 1.807) is 0 Å². The van der Waals surface area contributed by atoms with E-state index < -0.39 is 0 Å². The standard InChI is InChI=1S/C15H22N2OS/c1-11-6-7-14(16-2)13(9-11)15(18)17-10-12-5-3-4-8-19-12/h6-7,9,12,16H,3-5,8,10H2,1-2H3,(H,17,18). The van der Waals surface area contributed by atoms with E-state index >= 15 is 0 Å². The Morgan fingerprint density at radius 3 is 2.95 bits per heavy atom. The molecule has 2 rings (SSSR count). The van der Waals surface area contributed by atoms with Crippen LogP contribution in [0.3, 0.4) is 0 Å². The van der Waals surface area contributed by atoms with E-state index in [2.05, 4.69) is 10.6 Å². The number of rotatable bonds is 4. The van der Waals surface area contributed by atoms with Crippen molar-refractivity contribution in [2.24, 2.45) is 0 Å². The summed E-state index contributed by atoms with van der Waals surface area (Å²) in [4.78, 5) is 12.3. The predicted octanol–water partition coefficient (Wildman–Crippen LogP) is 3.05. The molecule has 1 unspecified atom stereocenters. The molecule has 0 aromatic heterocycles. The summed E-state index contributed by atoms with van der Waals surface area (Å²) in [6.07, 6.45) is 3.83. The van der Waals surface area contributed by atoms with Crippen LogP contribution in [0.25, 0.3) is 0 Å². The second-order valence-electron chi connectivity index (χ2n) is 5.00. The van der Waals surface area contributed by atoms with Crippen LogP contribution < -0.4 is 10.6 Å². The second-order valence-corrected chi connectivity index (χ2v) is 6.41. The van der Waals surface area contributed by atoms with Crippen molar-refractivity contribution in [3.8, 4) is 0 Å². The molecule has 1 atom stereocenters. The van der Waals surface area contributed by atoms with E-state index in [0.717, 1.165) is 23.4 Å². The Labute approximate surface area is 119 Å². The highest BCUT2D eigenvalue weighted by Gasteiger charge is 2.16. The highest BCUT2D eigenvalue weighted by molar-refractivity contribution is 7.99. The fourth-order valence-electron chi connectivity index (χ4n) is 2.33. The summed E-state index contributed by atoms with van der Waals surface area (Å²) in [5.74, 6) is 1.26. The molecule has 1 aliphatic heterocycles. The third-order valence-corrected chi connectivity index (χ3v) is 4.85. The first-order valence-electron chi connectivity index (χ1n) is 6.89. The number of aryl methyl sites for hydroxylation is 1. The van der Waals surface area contributed by atoms with Crippen molar-refractivity contribution >= 4 is 23.4 Å². The number of thioether (sulfide) groups is 1. The lowest BCUT2D eigenvalue weighted by molar-refractivity contribution is 0.0954. The summed E-state index contributed by atoms with van der Waals surface area (Å²) >= 11 is 1.98. The van der Waals surface area contributed by atoms with Crippen LogP contribution in [-0.4, -0.2) is 30.5 Å². The Morgan fingerprint density at radius 1 is 1.42 bits per heavy atom. The van der Waals surface area contributed by atoms with Gasteiger partial charge in [-0.15, -0.1) is 0 Å². The molecule has 1 aliphatic rings. The monoisotopic (exact) mass is 278 g/mol. The fourth-order valence-corrected chi connectivity index (χ4v) is 3.57. The van der Waals surface area contributed by atoms with Gasteiger partial charge in [0, 0.05) is 24.5 Å². The number of carbonyl (C=O) groups is 1. The lowest BCUT2D eigenvalue weighted by Gasteiger charge is -2.21. The molecule has 2 N–H and O–H groups in total. The van der Waals surface area contributed by atoms with Crippen LogP contribution >= 0.6 is 11.8 Å². The van der Waals surface area contributed by atoms with Gasteiger partial charge in [0.05, 0.1) is 5.56 Å². The van der Waals surface area contributed by atoms with Crippen LogP contribution in [0, 0.1) is 6.92 Å². The van der Waals surface area contributed by atoms with Crippen LogP contribution in [0.5, 0.6) is 0 Å². The lowest BCUT2D eigenvalue weighted by atomic mass is 10.1. The minimum Gasteiger partial charge on any atom is -0.387 e. The number of anilines is 1. The summed E-state index contributed by atoms with van der Waals surface area (Å²) < 4.78 is 0. The number of nitrogens with one attached hydrogen (secondary N) is 2. The van der Waals surface area contributed by atoms with E-state index in [9.17, 15) is 4.79 Å². The maximum absolute atomic E-state index is 12.3. The zero-order valence-electron chi connectivity index (χ0n) is 11.7. The van der Waals surface area contributed by atoms with Crippen molar-refractivity contribution in [1.29, 1.82) is 0 Å². The zero-order valence-corrected chi connectivity index (χ0v) is 12.5. The van der Waals surface area contributed by atoms with Crippen molar-refractivity contribution in [1.82, 2.24) is 5.32 Å². The van der Waals surface area contributed by atoms with E-state index in [-0.39, 0.29) is 5.91 Å². The van der Waals surface area contributed by atoms with Crippen molar-refractivity contribution in [2.45, 2.75) is 31.4 Å². The molecule has 1 amide bonds. The molecule has 0 radical (unpaired) electrons. The molecular formula is C15H22N2OS. The molecule has 1 saturated heterocycles. The van der Waals surface area contributed by atoms with Gasteiger partial charge in [-0.1, -0.05) is 18.1 Å². The van der Waals surface area contributed by atoms with E-state index in [1.807, 2.05) is 43.9 Å². The first-order chi connectivity index (χ1) is 9.20. The molecule has 3 nitrogen and oxygen atoms in total. The van der Waals surface area contributed by atoms with E-state index in [0.29, 0.717) is 5.25 Å². The summed E-state index contributed by atoms with van der Waals surface area (Å²) in [6.45, 7) is 2.79. The summed E-state index contributed by atoms with van der Waals surface area (Å²) in [6, 6.07) is 5.91. The molecular weight excluding hydrogens is 256 g/mol. The third kappa shape index (κ3) is 3.90. The SMILES string of the molecule is CNc1ccc(C)cc1C(=O)NCC1CCCCS1. The Morgan fingerprint density at radius 2 is 2.26 bits per heavy atom. The van der Waals surface area contributed by atoms with Crippen LogP contribution in [0.4, 0.5) is 5.69 Å². The van der Waals surface area contributed by atoms with Gasteiger partial charge in [0.2, 0.25) is 0 Å². The minimum atomic E-state index is 0.0271. The molecule has 0 spiro atoms. The number of hydrogen-bond acceptors (Lipinski definition) is 3. The van der Waals surface area contributed by atoms with Crippen LogP contribution in [0.2, 0.25) is 0 Å². The topological polar surface area (TPSA) is 41.1 Å². The Kier molecular flexibility index (Phi) is 5.14. The Hall–Kier alpha value is -1.16. The predicted molar refractivity (Wildman–Crippen MR) is 83.2 cm³/mol. The van der Waals surface area contributed by atoms with Crippen molar-refractivity contribution in [3.63, 3.8) is 0 Å². The fraction of sp³-hybridized carbons (Fsp3) is 0.533. The molecule has 19 heavy (non-hydrogen) atoms. The molecule has 1 fully saturated rings. The van der Waals surface area contributed by atoms with Gasteiger partial charge >= 0.3 is 0 Å². The largest absolute Gasteiger partial charge is 0.387 e. The van der Waals surface area contributed by atoms with Gasteiger partial charge in [-0.2, -0.15) is 11.8 Å². The van der Waals surface area contributed by atoms with Gasteiger partial charge in [-0.25, -0.2) is 0 Å². The molecule has 0 saturated carbocycles. The number of hydrogen-bond donors (Lipinski definition) is 2. The highest BCUT2D eigenvalue weighted by Crippen LogP contribution is 2.24. The average molecular weight is 278 g/mol. The third-order valence-electron chi connectivity index (χ3n) is 3.45. The van der Waals surface area contributed by atoms with Gasteiger partial charge in [0.15, 0.2) is 0 Å². The summed E-state index contributed by atoms with van der Waals surface area (Å²) in [7, 11) is 1.85. The Bertz CT molecular complexity index is 442. The molecule has 1 heterocycles. The zero-order chi connectivity index (χ0) is 13.7. The van der Waals surface area contributed by atoms with Gasteiger partial charge in [-0.3, -0.25) is 4.79 Å². The van der Waals surface area contributed by atoms with E-state index in [1.165, 1.54) is 25.0 Å². The van der Waals surface area contributed by atoms with E-state index in [4.69, 9.17) is 0 Å². The maximum Gasteiger partial charge on any atom is 0.253 e. The van der Waals surface area contributed by atoms with Gasteiger partial charge in [0.1, 0.15) is 0 Å². The van der Waals surface area contributed by atoms with Gasteiger partial charge < -0.3 is 10.6 Å². The van der Waals surface area contributed by atoms with Crippen molar-refractivity contribution in [2.75, 3.05) is 24.7 Å². The molecule has 1 aromatic carbocycles. The van der Waals surface area contributed by atoms with Crippen LogP contribution in [-0.2, 0) is 0 Å². The van der Waals surface area contributed by atoms with Crippen LogP contribution in [0.1, 0.15) is 35.2 Å². The normalized spacial score (nSPS) is 18.9. The van der Waals surface area contributed by atoms with Gasteiger partial charge in [0.25, 0.3) is 5.91 Å².